The molecule has 2 aliphatic rings. The molecule has 0 aliphatic carbocycles. The van der Waals surface area contributed by atoms with Crippen LogP contribution in [0, 0.1) is 11.6 Å². The van der Waals surface area contributed by atoms with E-state index < -0.39 is 35.5 Å². The highest BCUT2D eigenvalue weighted by atomic mass is 19.1. The van der Waals surface area contributed by atoms with E-state index in [4.69, 9.17) is 9.47 Å². The molecule has 2 heterocycles. The molecule has 1 fully saturated rings. The maximum atomic E-state index is 14.6. The lowest BCUT2D eigenvalue weighted by molar-refractivity contribution is -0.114. The van der Waals surface area contributed by atoms with Gasteiger partial charge in [0.05, 0.1) is 18.8 Å². The van der Waals surface area contributed by atoms with Crippen molar-refractivity contribution in [3.05, 3.63) is 36.0 Å². The zero-order valence-corrected chi connectivity index (χ0v) is 16.9. The number of alkyl carbamates (subject to hydrolysis) is 1. The number of amides is 2. The summed E-state index contributed by atoms with van der Waals surface area (Å²) in [6.07, 6.45) is 0.604. The van der Waals surface area contributed by atoms with Crippen LogP contribution in [0.5, 0.6) is 0 Å². The Morgan fingerprint density at radius 3 is 2.50 bits per heavy atom. The fraction of sp³-hybridized carbons (Fsp3) is 0.450. The molecule has 0 bridgehead atoms. The third kappa shape index (κ3) is 5.05. The van der Waals surface area contributed by atoms with E-state index in [1.807, 2.05) is 0 Å². The molecular weight excluding hydrogens is 400 g/mol. The van der Waals surface area contributed by atoms with Crippen molar-refractivity contribution in [2.45, 2.75) is 38.9 Å². The van der Waals surface area contributed by atoms with Gasteiger partial charge in [0.25, 0.3) is 0 Å². The number of hydrogen-bond donors (Lipinski definition) is 1. The van der Waals surface area contributed by atoms with Gasteiger partial charge in [-0.3, -0.25) is 9.69 Å². The average Bonchev–Trinajstić information content (AvgIpc) is 3.00. The highest BCUT2D eigenvalue weighted by Crippen LogP contribution is 2.32. The van der Waals surface area contributed by atoms with E-state index >= 15 is 0 Å². The molecule has 1 saturated heterocycles. The SMILES string of the molecule is CC(C)(C)OC(=O)NC[C@H]1CN(c2cc(F)c(N3C=CC(=O)CC3)c(F)c2)C(=O)O1. The van der Waals surface area contributed by atoms with Crippen LogP contribution in [0.4, 0.5) is 29.7 Å². The topological polar surface area (TPSA) is 88.2 Å². The number of carbonyl (C=O) groups is 3. The highest BCUT2D eigenvalue weighted by Gasteiger charge is 2.34. The fourth-order valence-corrected chi connectivity index (χ4v) is 3.08. The maximum Gasteiger partial charge on any atom is 0.414 e. The number of benzene rings is 1. The van der Waals surface area contributed by atoms with E-state index in [0.717, 1.165) is 17.0 Å². The van der Waals surface area contributed by atoms with E-state index in [0.29, 0.717) is 0 Å². The van der Waals surface area contributed by atoms with E-state index in [-0.39, 0.29) is 43.2 Å². The predicted molar refractivity (Wildman–Crippen MR) is 104 cm³/mol. The lowest BCUT2D eigenvalue weighted by atomic mass is 10.1. The van der Waals surface area contributed by atoms with Crippen molar-refractivity contribution in [3.63, 3.8) is 0 Å². The van der Waals surface area contributed by atoms with Gasteiger partial charge < -0.3 is 19.7 Å². The number of hydrogen-bond acceptors (Lipinski definition) is 6. The summed E-state index contributed by atoms with van der Waals surface area (Å²) >= 11 is 0. The van der Waals surface area contributed by atoms with Gasteiger partial charge in [-0.05, 0) is 26.8 Å². The standard InChI is InChI=1S/C20H23F2N3O5/c1-20(2,3)30-18(27)23-10-14-11-25(19(28)29-14)12-8-15(21)17(16(22)9-12)24-6-4-13(26)5-7-24/h4,6,8-9,14H,5,7,10-11H2,1-3H3,(H,23,27)/t14-/m0/s1. The molecule has 10 heteroatoms. The van der Waals surface area contributed by atoms with Crippen LogP contribution in [0.1, 0.15) is 27.2 Å². The van der Waals surface area contributed by atoms with Gasteiger partial charge in [0.1, 0.15) is 17.4 Å². The first-order valence-corrected chi connectivity index (χ1v) is 9.45. The second kappa shape index (κ2) is 8.29. The lowest BCUT2D eigenvalue weighted by Crippen LogP contribution is -2.38. The normalized spacial score (nSPS) is 19.2. The number of carbonyl (C=O) groups excluding carboxylic acids is 3. The van der Waals surface area contributed by atoms with Gasteiger partial charge in [-0.25, -0.2) is 18.4 Å². The van der Waals surface area contributed by atoms with Crippen LogP contribution >= 0.6 is 0 Å². The van der Waals surface area contributed by atoms with Gasteiger partial charge in [0, 0.05) is 31.3 Å². The molecule has 162 valence electrons. The van der Waals surface area contributed by atoms with Crippen molar-refractivity contribution in [2.75, 3.05) is 29.4 Å². The first kappa shape index (κ1) is 21.5. The van der Waals surface area contributed by atoms with Crippen LogP contribution in [-0.4, -0.2) is 49.3 Å². The maximum absolute atomic E-state index is 14.6. The molecule has 0 unspecified atom stereocenters. The van der Waals surface area contributed by atoms with E-state index in [2.05, 4.69) is 5.32 Å². The van der Waals surface area contributed by atoms with Gasteiger partial charge in [-0.1, -0.05) is 0 Å². The van der Waals surface area contributed by atoms with Crippen LogP contribution < -0.4 is 15.1 Å². The van der Waals surface area contributed by atoms with Gasteiger partial charge >= 0.3 is 12.2 Å². The number of anilines is 2. The molecule has 0 radical (unpaired) electrons. The van der Waals surface area contributed by atoms with Crippen molar-refractivity contribution < 1.29 is 32.6 Å². The molecular formula is C20H23F2N3O5. The summed E-state index contributed by atoms with van der Waals surface area (Å²) in [7, 11) is 0. The number of allylic oxidation sites excluding steroid dienone is 1. The Morgan fingerprint density at radius 2 is 1.93 bits per heavy atom. The number of ether oxygens (including phenoxy) is 2. The van der Waals surface area contributed by atoms with Crippen molar-refractivity contribution in [2.24, 2.45) is 0 Å². The molecule has 30 heavy (non-hydrogen) atoms. The van der Waals surface area contributed by atoms with Crippen LogP contribution in [0.25, 0.3) is 0 Å². The van der Waals surface area contributed by atoms with Crippen LogP contribution in [-0.2, 0) is 14.3 Å². The molecule has 2 aliphatic heterocycles. The van der Waals surface area contributed by atoms with Gasteiger partial charge in [-0.15, -0.1) is 0 Å². The fourth-order valence-electron chi connectivity index (χ4n) is 3.08. The minimum atomic E-state index is -0.868. The summed E-state index contributed by atoms with van der Waals surface area (Å²) in [5.41, 5.74) is -0.968. The Morgan fingerprint density at radius 1 is 1.27 bits per heavy atom. The Bertz CT molecular complexity index is 874. The monoisotopic (exact) mass is 423 g/mol. The molecule has 1 atom stereocenters. The Kier molecular flexibility index (Phi) is 5.95. The number of nitrogens with one attached hydrogen (secondary N) is 1. The molecule has 1 aromatic rings. The quantitative estimate of drug-likeness (QED) is 0.801. The lowest BCUT2D eigenvalue weighted by Gasteiger charge is -2.25. The molecule has 8 nitrogen and oxygen atoms in total. The van der Waals surface area contributed by atoms with Gasteiger partial charge in [0.2, 0.25) is 0 Å². The van der Waals surface area contributed by atoms with Gasteiger partial charge in [-0.2, -0.15) is 0 Å². The zero-order chi connectivity index (χ0) is 22.1. The number of halogens is 2. The van der Waals surface area contributed by atoms with E-state index in [1.54, 1.807) is 20.8 Å². The molecule has 1 aromatic carbocycles. The summed E-state index contributed by atoms with van der Waals surface area (Å²) < 4.78 is 39.5. The van der Waals surface area contributed by atoms with Crippen molar-refractivity contribution in [1.29, 1.82) is 0 Å². The zero-order valence-electron chi connectivity index (χ0n) is 16.9. The first-order chi connectivity index (χ1) is 14.0. The predicted octanol–water partition coefficient (Wildman–Crippen LogP) is 3.11. The Balaban J connectivity index is 1.67. The van der Waals surface area contributed by atoms with Crippen LogP contribution in [0.2, 0.25) is 0 Å². The molecule has 0 aromatic heterocycles. The highest BCUT2D eigenvalue weighted by molar-refractivity contribution is 5.92. The number of nitrogens with zero attached hydrogens (tertiary/aromatic N) is 2. The van der Waals surface area contributed by atoms with Gasteiger partial charge in [0.15, 0.2) is 17.4 Å². The largest absolute Gasteiger partial charge is 0.444 e. The number of cyclic esters (lactones) is 1. The summed E-state index contributed by atoms with van der Waals surface area (Å²) in [6, 6.07) is 2.07. The van der Waals surface area contributed by atoms with Crippen molar-refractivity contribution in [1.82, 2.24) is 5.32 Å². The van der Waals surface area contributed by atoms with E-state index in [1.165, 1.54) is 17.2 Å². The van der Waals surface area contributed by atoms with Crippen LogP contribution in [0.15, 0.2) is 24.4 Å². The second-order valence-electron chi connectivity index (χ2n) is 7.98. The summed E-state index contributed by atoms with van der Waals surface area (Å²) in [5, 5.41) is 2.50. The Hall–Kier alpha value is -3.17. The summed E-state index contributed by atoms with van der Waals surface area (Å²) in [4.78, 5) is 37.6. The molecule has 0 saturated carbocycles. The minimum Gasteiger partial charge on any atom is -0.444 e. The van der Waals surface area contributed by atoms with Crippen molar-refractivity contribution in [3.8, 4) is 0 Å². The first-order valence-electron chi connectivity index (χ1n) is 9.45. The summed E-state index contributed by atoms with van der Waals surface area (Å²) in [6.45, 7) is 5.31. The third-order valence-electron chi connectivity index (χ3n) is 4.39. The van der Waals surface area contributed by atoms with Crippen LogP contribution in [0.3, 0.4) is 0 Å². The molecule has 2 amide bonds. The summed E-state index contributed by atoms with van der Waals surface area (Å²) in [5.74, 6) is -1.85. The second-order valence-corrected chi connectivity index (χ2v) is 7.98. The third-order valence-corrected chi connectivity index (χ3v) is 4.39. The molecule has 1 N–H and O–H groups in total. The van der Waals surface area contributed by atoms with E-state index in [9.17, 15) is 23.2 Å². The number of rotatable bonds is 4. The minimum absolute atomic E-state index is 0.00409. The Labute approximate surface area is 172 Å². The molecule has 0 spiro atoms. The number of ketones is 1. The smallest absolute Gasteiger partial charge is 0.414 e. The van der Waals surface area contributed by atoms with Crippen molar-refractivity contribution >= 4 is 29.3 Å². The average molecular weight is 423 g/mol. The molecule has 3 rings (SSSR count).